The van der Waals surface area contributed by atoms with E-state index in [2.05, 4.69) is 10.6 Å². The van der Waals surface area contributed by atoms with E-state index in [4.69, 9.17) is 4.74 Å². The molecular weight excluding hydrogens is 552 g/mol. The fraction of sp³-hybridized carbons (Fsp3) is 0.152. The van der Waals surface area contributed by atoms with Crippen molar-refractivity contribution >= 4 is 35.1 Å². The molecule has 0 heterocycles. The number of aliphatic hydroxyl groups is 1. The lowest BCUT2D eigenvalue weighted by molar-refractivity contribution is -0.0300. The maximum absolute atomic E-state index is 12.9. The van der Waals surface area contributed by atoms with Crippen molar-refractivity contribution in [2.24, 2.45) is 0 Å². The lowest BCUT2D eigenvalue weighted by Gasteiger charge is -2.22. The van der Waals surface area contributed by atoms with Gasteiger partial charge in [-0.2, -0.15) is 0 Å². The summed E-state index contributed by atoms with van der Waals surface area (Å²) in [6.45, 7) is 1.79. The number of anilines is 2. The second-order valence-corrected chi connectivity index (χ2v) is 9.67. The first-order valence-electron chi connectivity index (χ1n) is 13.4. The molecule has 0 aliphatic heterocycles. The largest absolute Gasteiger partial charge is 0.478 e. The Labute approximate surface area is 247 Å². The number of hydrogen-bond donors (Lipinski definition) is 5. The van der Waals surface area contributed by atoms with Crippen LogP contribution < -0.4 is 10.6 Å². The van der Waals surface area contributed by atoms with Gasteiger partial charge in [0.15, 0.2) is 0 Å². The van der Waals surface area contributed by atoms with Gasteiger partial charge in [-0.1, -0.05) is 54.6 Å². The van der Waals surface area contributed by atoms with Gasteiger partial charge in [-0.25, -0.2) is 9.59 Å². The minimum absolute atomic E-state index is 0.0341. The fourth-order valence-corrected chi connectivity index (χ4v) is 4.55. The molecule has 43 heavy (non-hydrogen) atoms. The van der Waals surface area contributed by atoms with Gasteiger partial charge in [-0.05, 0) is 66.9 Å². The van der Waals surface area contributed by atoms with E-state index in [1.165, 1.54) is 24.3 Å². The minimum atomic E-state index is -1.20. The lowest BCUT2D eigenvalue weighted by atomic mass is 10.0. The molecule has 0 aliphatic carbocycles. The summed E-state index contributed by atoms with van der Waals surface area (Å²) in [4.78, 5) is 48.5. The number of aromatic carboxylic acids is 2. The van der Waals surface area contributed by atoms with E-state index in [9.17, 15) is 34.5 Å². The van der Waals surface area contributed by atoms with Crippen LogP contribution in [0.4, 0.5) is 11.4 Å². The monoisotopic (exact) mass is 582 g/mol. The minimum Gasteiger partial charge on any atom is -0.478 e. The van der Waals surface area contributed by atoms with Crippen LogP contribution in [0.1, 0.15) is 65.6 Å². The zero-order valence-electron chi connectivity index (χ0n) is 23.2. The summed E-state index contributed by atoms with van der Waals surface area (Å²) in [5.74, 6) is -3.51. The van der Waals surface area contributed by atoms with E-state index in [1.807, 2.05) is 12.1 Å². The molecule has 220 valence electrons. The maximum Gasteiger partial charge on any atom is 0.336 e. The highest BCUT2D eigenvalue weighted by molar-refractivity contribution is 6.11. The molecule has 4 rings (SSSR count). The van der Waals surface area contributed by atoms with Crippen molar-refractivity contribution in [3.05, 3.63) is 130 Å². The second-order valence-electron chi connectivity index (χ2n) is 9.67. The zero-order valence-corrected chi connectivity index (χ0v) is 23.2. The first-order valence-corrected chi connectivity index (χ1v) is 13.4. The quantitative estimate of drug-likeness (QED) is 0.151. The molecule has 0 radical (unpaired) electrons. The molecule has 0 saturated heterocycles. The Morgan fingerprint density at radius 3 is 1.70 bits per heavy atom. The number of carbonyl (C=O) groups is 4. The third-order valence-electron chi connectivity index (χ3n) is 6.67. The van der Waals surface area contributed by atoms with E-state index in [0.717, 1.165) is 5.56 Å². The van der Waals surface area contributed by atoms with Crippen LogP contribution in [0.15, 0.2) is 97.1 Å². The van der Waals surface area contributed by atoms with Gasteiger partial charge in [0.2, 0.25) is 0 Å². The van der Waals surface area contributed by atoms with Crippen LogP contribution in [0, 0.1) is 0 Å². The number of para-hydroxylation sites is 1. The molecule has 0 bridgehead atoms. The number of amides is 2. The SMILES string of the molecule is CC(O)C(OCCc1ccccc1NC(=O)c1ccccc1C(=O)O)c1ccc(NC(=O)c2ccccc2C(=O)O)cc1. The van der Waals surface area contributed by atoms with Crippen LogP contribution >= 0.6 is 0 Å². The Kier molecular flexibility index (Phi) is 10.00. The third-order valence-corrected chi connectivity index (χ3v) is 6.67. The molecule has 10 nitrogen and oxygen atoms in total. The lowest BCUT2D eigenvalue weighted by Crippen LogP contribution is -2.20. The van der Waals surface area contributed by atoms with E-state index in [1.54, 1.807) is 67.6 Å². The van der Waals surface area contributed by atoms with Crippen LogP contribution in [0.5, 0.6) is 0 Å². The predicted molar refractivity (Wildman–Crippen MR) is 160 cm³/mol. The van der Waals surface area contributed by atoms with E-state index in [-0.39, 0.29) is 28.9 Å². The summed E-state index contributed by atoms with van der Waals surface area (Å²) < 4.78 is 6.03. The Hall–Kier alpha value is -5.32. The van der Waals surface area contributed by atoms with Crippen LogP contribution in [0.2, 0.25) is 0 Å². The number of hydrogen-bond acceptors (Lipinski definition) is 6. The summed E-state index contributed by atoms with van der Waals surface area (Å²) in [7, 11) is 0. The summed E-state index contributed by atoms with van der Waals surface area (Å²) in [5.41, 5.74) is 2.23. The van der Waals surface area contributed by atoms with Gasteiger partial charge in [-0.15, -0.1) is 0 Å². The van der Waals surface area contributed by atoms with Crippen molar-refractivity contribution in [1.82, 2.24) is 0 Å². The van der Waals surface area contributed by atoms with Crippen molar-refractivity contribution in [3.63, 3.8) is 0 Å². The third kappa shape index (κ3) is 7.70. The number of aliphatic hydroxyl groups excluding tert-OH is 1. The van der Waals surface area contributed by atoms with Crippen LogP contribution in [0.25, 0.3) is 0 Å². The number of carboxylic acids is 2. The Morgan fingerprint density at radius 1 is 0.674 bits per heavy atom. The van der Waals surface area contributed by atoms with Gasteiger partial charge in [0.05, 0.1) is 35.0 Å². The molecular formula is C33H30N2O8. The van der Waals surface area contributed by atoms with Crippen molar-refractivity contribution in [3.8, 4) is 0 Å². The number of ether oxygens (including phenoxy) is 1. The summed E-state index contributed by atoms with van der Waals surface area (Å²) in [6.07, 6.45) is -1.18. The maximum atomic E-state index is 12.9. The van der Waals surface area contributed by atoms with Crippen molar-refractivity contribution in [2.45, 2.75) is 25.6 Å². The Bertz CT molecular complexity index is 1630. The highest BCUT2D eigenvalue weighted by Gasteiger charge is 2.21. The normalized spacial score (nSPS) is 12.1. The molecule has 0 saturated carbocycles. The summed E-state index contributed by atoms with van der Waals surface area (Å²) in [6, 6.07) is 25.6. The molecule has 0 fully saturated rings. The van der Waals surface area contributed by atoms with Crippen molar-refractivity contribution in [1.29, 1.82) is 0 Å². The van der Waals surface area contributed by atoms with Gasteiger partial charge >= 0.3 is 11.9 Å². The average molecular weight is 583 g/mol. The summed E-state index contributed by atoms with van der Waals surface area (Å²) in [5, 5.41) is 34.7. The second kappa shape index (κ2) is 14.0. The molecule has 2 unspecified atom stereocenters. The van der Waals surface area contributed by atoms with Crippen LogP contribution in [-0.2, 0) is 11.2 Å². The molecule has 0 aromatic heterocycles. The zero-order chi connectivity index (χ0) is 30.9. The fourth-order valence-electron chi connectivity index (χ4n) is 4.55. The van der Waals surface area contributed by atoms with Crippen LogP contribution in [0.3, 0.4) is 0 Å². The van der Waals surface area contributed by atoms with E-state index in [0.29, 0.717) is 23.4 Å². The molecule has 2 amide bonds. The van der Waals surface area contributed by atoms with E-state index >= 15 is 0 Å². The molecule has 10 heteroatoms. The molecule has 4 aromatic rings. The van der Waals surface area contributed by atoms with Gasteiger partial charge in [-0.3, -0.25) is 9.59 Å². The smallest absolute Gasteiger partial charge is 0.336 e. The number of carboxylic acid groups (broad SMARTS) is 2. The number of carbonyl (C=O) groups excluding carboxylic acids is 2. The first kappa shape index (κ1) is 30.6. The highest BCUT2D eigenvalue weighted by Crippen LogP contribution is 2.25. The van der Waals surface area contributed by atoms with Gasteiger partial charge in [0, 0.05) is 11.4 Å². The standard InChI is InChI=1S/C33H30N2O8/c1-20(36)29(22-14-16-23(17-15-22)34-30(37)24-9-3-5-11-26(24)32(39)40)43-19-18-21-8-2-7-13-28(21)35-31(38)25-10-4-6-12-27(25)33(41)42/h2-17,20,29,36H,18-19H2,1H3,(H,34,37)(H,35,38)(H,39,40)(H,41,42). The van der Waals surface area contributed by atoms with Gasteiger partial charge in [0.1, 0.15) is 6.10 Å². The molecule has 4 aromatic carbocycles. The molecule has 0 aliphatic rings. The topological polar surface area (TPSA) is 162 Å². The Morgan fingerprint density at radius 2 is 1.16 bits per heavy atom. The van der Waals surface area contributed by atoms with E-state index < -0.39 is 36.0 Å². The molecule has 5 N–H and O–H groups in total. The molecule has 2 atom stereocenters. The van der Waals surface area contributed by atoms with Crippen molar-refractivity contribution in [2.75, 3.05) is 17.2 Å². The van der Waals surface area contributed by atoms with Gasteiger partial charge in [0.25, 0.3) is 11.8 Å². The average Bonchev–Trinajstić information content (AvgIpc) is 3.00. The number of benzene rings is 4. The number of rotatable bonds is 12. The highest BCUT2D eigenvalue weighted by atomic mass is 16.5. The van der Waals surface area contributed by atoms with Gasteiger partial charge < -0.3 is 30.7 Å². The first-order chi connectivity index (χ1) is 20.7. The Balaban J connectivity index is 1.40. The van der Waals surface area contributed by atoms with Crippen molar-refractivity contribution < 1.29 is 39.2 Å². The number of nitrogens with one attached hydrogen (secondary N) is 2. The summed E-state index contributed by atoms with van der Waals surface area (Å²) >= 11 is 0. The predicted octanol–water partition coefficient (Wildman–Crippen LogP) is 5.27. The van der Waals surface area contributed by atoms with Crippen LogP contribution in [-0.4, -0.2) is 51.8 Å². The molecule has 0 spiro atoms.